The molecular weight excluding hydrogens is 364 g/mol. The van der Waals surface area contributed by atoms with Crippen LogP contribution in [0.5, 0.6) is 0 Å². The molecule has 0 spiro atoms. The van der Waals surface area contributed by atoms with Gasteiger partial charge in [-0.2, -0.15) is 5.26 Å². The van der Waals surface area contributed by atoms with Crippen molar-refractivity contribution < 1.29 is 0 Å². The molecular formula is C28H24N2. The summed E-state index contributed by atoms with van der Waals surface area (Å²) in [6.45, 7) is 3.84. The summed E-state index contributed by atoms with van der Waals surface area (Å²) >= 11 is 0. The van der Waals surface area contributed by atoms with Gasteiger partial charge in [-0.1, -0.05) is 72.8 Å². The normalized spacial score (nSPS) is 10.6. The van der Waals surface area contributed by atoms with Crippen molar-refractivity contribution in [2.75, 3.05) is 0 Å². The summed E-state index contributed by atoms with van der Waals surface area (Å²) in [7, 11) is 0. The third-order valence-corrected chi connectivity index (χ3v) is 5.41. The Labute approximate surface area is 178 Å². The number of unbranched alkanes of at least 4 members (excludes halogenated alkanes) is 2. The fraction of sp³-hybridized carbons (Fsp3) is 0.143. The molecule has 0 aliphatic carbocycles. The van der Waals surface area contributed by atoms with Crippen LogP contribution in [0.2, 0.25) is 0 Å². The highest BCUT2D eigenvalue weighted by Gasteiger charge is 2.16. The Balaban J connectivity index is 1.92. The van der Waals surface area contributed by atoms with Crippen molar-refractivity contribution in [2.24, 2.45) is 0 Å². The van der Waals surface area contributed by atoms with E-state index in [1.165, 1.54) is 16.5 Å². The average molecular weight is 389 g/mol. The number of aryl methyl sites for hydroxylation is 1. The Bertz CT molecular complexity index is 1200. The van der Waals surface area contributed by atoms with E-state index in [-0.39, 0.29) is 0 Å². The lowest BCUT2D eigenvalue weighted by molar-refractivity contribution is 0.738. The third kappa shape index (κ3) is 4.02. The summed E-state index contributed by atoms with van der Waals surface area (Å²) in [6.07, 6.45) is 6.11. The van der Waals surface area contributed by atoms with E-state index >= 15 is 0 Å². The fourth-order valence-corrected chi connectivity index (χ4v) is 3.93. The van der Waals surface area contributed by atoms with E-state index in [0.29, 0.717) is 5.56 Å². The molecule has 0 unspecified atom stereocenters. The van der Waals surface area contributed by atoms with E-state index < -0.39 is 0 Å². The summed E-state index contributed by atoms with van der Waals surface area (Å²) in [5, 5.41) is 11.5. The van der Waals surface area contributed by atoms with Crippen molar-refractivity contribution >= 4 is 10.8 Å². The Morgan fingerprint density at radius 2 is 1.50 bits per heavy atom. The third-order valence-electron chi connectivity index (χ3n) is 5.41. The molecule has 146 valence electrons. The highest BCUT2D eigenvalue weighted by Crippen LogP contribution is 2.37. The summed E-state index contributed by atoms with van der Waals surface area (Å²) < 4.78 is 0. The smallest absolute Gasteiger partial charge is 0.0991 e. The van der Waals surface area contributed by atoms with Crippen LogP contribution < -0.4 is 0 Å². The zero-order valence-electron chi connectivity index (χ0n) is 17.0. The SMILES string of the molecule is C=CCCCCc1nc(-c2ccc(C#N)cc2)c2ccccc2c1-c1ccccc1. The highest BCUT2D eigenvalue weighted by atomic mass is 14.7. The number of allylic oxidation sites excluding steroid dienone is 1. The number of fused-ring (bicyclic) bond motifs is 1. The molecule has 0 radical (unpaired) electrons. The first-order valence-corrected chi connectivity index (χ1v) is 10.4. The summed E-state index contributed by atoms with van der Waals surface area (Å²) in [6, 6.07) is 29.0. The van der Waals surface area contributed by atoms with Crippen LogP contribution in [0.3, 0.4) is 0 Å². The first-order chi connectivity index (χ1) is 14.8. The van der Waals surface area contributed by atoms with Crippen LogP contribution in [0.1, 0.15) is 30.5 Å². The van der Waals surface area contributed by atoms with Gasteiger partial charge in [-0.05, 0) is 48.8 Å². The van der Waals surface area contributed by atoms with E-state index in [2.05, 4.69) is 61.2 Å². The second kappa shape index (κ2) is 9.20. The highest BCUT2D eigenvalue weighted by molar-refractivity contribution is 6.04. The average Bonchev–Trinajstić information content (AvgIpc) is 2.82. The molecule has 0 atom stereocenters. The lowest BCUT2D eigenvalue weighted by Crippen LogP contribution is -2.00. The van der Waals surface area contributed by atoms with Gasteiger partial charge >= 0.3 is 0 Å². The van der Waals surface area contributed by atoms with Crippen LogP contribution in [0.15, 0.2) is 91.5 Å². The Morgan fingerprint density at radius 1 is 0.800 bits per heavy atom. The Morgan fingerprint density at radius 3 is 2.20 bits per heavy atom. The van der Waals surface area contributed by atoms with Gasteiger partial charge in [-0.25, -0.2) is 0 Å². The zero-order valence-corrected chi connectivity index (χ0v) is 17.0. The number of pyridine rings is 1. The van der Waals surface area contributed by atoms with Crippen LogP contribution in [-0.2, 0) is 6.42 Å². The molecule has 1 aromatic heterocycles. The van der Waals surface area contributed by atoms with Crippen LogP contribution in [0.4, 0.5) is 0 Å². The number of rotatable bonds is 7. The molecule has 0 saturated carbocycles. The Hall–Kier alpha value is -3.70. The molecule has 0 fully saturated rings. The number of nitriles is 1. The van der Waals surface area contributed by atoms with Gasteiger partial charge in [0.25, 0.3) is 0 Å². The van der Waals surface area contributed by atoms with Gasteiger partial charge in [-0.3, -0.25) is 4.98 Å². The van der Waals surface area contributed by atoms with Crippen molar-refractivity contribution in [3.63, 3.8) is 0 Å². The lowest BCUT2D eigenvalue weighted by atomic mass is 9.92. The zero-order chi connectivity index (χ0) is 20.8. The van der Waals surface area contributed by atoms with E-state index in [1.54, 1.807) is 0 Å². The molecule has 1 heterocycles. The molecule has 0 amide bonds. The molecule has 3 aromatic carbocycles. The van der Waals surface area contributed by atoms with E-state index in [0.717, 1.165) is 48.0 Å². The molecule has 2 nitrogen and oxygen atoms in total. The number of hydrogen-bond acceptors (Lipinski definition) is 2. The van der Waals surface area contributed by atoms with Crippen LogP contribution in [0, 0.1) is 11.3 Å². The Kier molecular flexibility index (Phi) is 6.01. The topological polar surface area (TPSA) is 36.7 Å². The molecule has 30 heavy (non-hydrogen) atoms. The van der Waals surface area contributed by atoms with Crippen molar-refractivity contribution in [3.05, 3.63) is 103 Å². The maximum atomic E-state index is 9.15. The van der Waals surface area contributed by atoms with Crippen molar-refractivity contribution in [2.45, 2.75) is 25.7 Å². The first kappa shape index (κ1) is 19.6. The predicted molar refractivity (Wildman–Crippen MR) is 125 cm³/mol. The minimum absolute atomic E-state index is 0.661. The largest absolute Gasteiger partial charge is 0.252 e. The molecule has 0 aliphatic heterocycles. The molecule has 2 heteroatoms. The van der Waals surface area contributed by atoms with E-state index in [1.807, 2.05) is 36.4 Å². The number of aromatic nitrogens is 1. The summed E-state index contributed by atoms with van der Waals surface area (Å²) in [4.78, 5) is 5.19. The molecule has 0 saturated heterocycles. The minimum atomic E-state index is 0.661. The van der Waals surface area contributed by atoms with Crippen molar-refractivity contribution in [1.29, 1.82) is 5.26 Å². The predicted octanol–water partition coefficient (Wildman–Crippen LogP) is 7.34. The molecule has 4 aromatic rings. The second-order valence-electron chi connectivity index (χ2n) is 7.42. The van der Waals surface area contributed by atoms with Gasteiger partial charge in [0.15, 0.2) is 0 Å². The number of nitrogens with zero attached hydrogens (tertiary/aromatic N) is 2. The van der Waals surface area contributed by atoms with Gasteiger partial charge in [0, 0.05) is 22.2 Å². The minimum Gasteiger partial charge on any atom is -0.252 e. The second-order valence-corrected chi connectivity index (χ2v) is 7.42. The van der Waals surface area contributed by atoms with Gasteiger partial charge in [0.05, 0.1) is 17.3 Å². The monoisotopic (exact) mass is 388 g/mol. The van der Waals surface area contributed by atoms with Crippen molar-refractivity contribution in [3.8, 4) is 28.5 Å². The summed E-state index contributed by atoms with van der Waals surface area (Å²) in [5.74, 6) is 0. The number of benzene rings is 3. The molecule has 0 aliphatic rings. The van der Waals surface area contributed by atoms with Crippen LogP contribution in [0.25, 0.3) is 33.2 Å². The quantitative estimate of drug-likeness (QED) is 0.245. The summed E-state index contributed by atoms with van der Waals surface area (Å²) in [5.41, 5.74) is 6.23. The van der Waals surface area contributed by atoms with Gasteiger partial charge in [-0.15, -0.1) is 6.58 Å². The maximum absolute atomic E-state index is 9.15. The van der Waals surface area contributed by atoms with E-state index in [9.17, 15) is 0 Å². The van der Waals surface area contributed by atoms with Crippen LogP contribution in [-0.4, -0.2) is 4.98 Å². The fourth-order valence-electron chi connectivity index (χ4n) is 3.93. The van der Waals surface area contributed by atoms with Gasteiger partial charge in [0.2, 0.25) is 0 Å². The maximum Gasteiger partial charge on any atom is 0.0991 e. The first-order valence-electron chi connectivity index (χ1n) is 10.4. The number of hydrogen-bond donors (Lipinski definition) is 0. The van der Waals surface area contributed by atoms with Crippen LogP contribution >= 0.6 is 0 Å². The molecule has 0 bridgehead atoms. The van der Waals surface area contributed by atoms with Gasteiger partial charge in [0.1, 0.15) is 0 Å². The molecule has 4 rings (SSSR count). The van der Waals surface area contributed by atoms with E-state index in [4.69, 9.17) is 10.2 Å². The van der Waals surface area contributed by atoms with Crippen molar-refractivity contribution in [1.82, 2.24) is 4.98 Å². The van der Waals surface area contributed by atoms with Gasteiger partial charge < -0.3 is 0 Å². The molecule has 0 N–H and O–H groups in total. The lowest BCUT2D eigenvalue weighted by Gasteiger charge is -2.17. The standard InChI is InChI=1S/C28H24N2/c1-2-3-4-8-15-26-27(22-11-6-5-7-12-22)24-13-9-10-14-25(24)28(30-26)23-18-16-21(20-29)17-19-23/h2,5-7,9-14,16-19H,1,3-4,8,15H2.